The largest absolute Gasteiger partial charge is 0.254 e. The Balaban J connectivity index is 1.92. The van der Waals surface area contributed by atoms with Crippen molar-refractivity contribution in [3.05, 3.63) is 58.4 Å². The number of hydrogen-bond acceptors (Lipinski definition) is 3. The molecule has 2 nitrogen and oxygen atoms in total. The maximum Gasteiger partial charge on any atom is 0.0928 e. The Kier molecular flexibility index (Phi) is 2.45. The Hall–Kier alpha value is -2.00. The molecule has 0 spiro atoms. The molecule has 0 bridgehead atoms. The van der Waals surface area contributed by atoms with Crippen LogP contribution in [-0.2, 0) is 12.8 Å². The molecule has 3 aromatic rings. The van der Waals surface area contributed by atoms with E-state index in [1.54, 1.807) is 11.3 Å². The van der Waals surface area contributed by atoms with Gasteiger partial charge in [0.2, 0.25) is 0 Å². The van der Waals surface area contributed by atoms with Crippen LogP contribution in [0.2, 0.25) is 0 Å². The molecule has 3 aromatic heterocycles. The molecule has 0 amide bonds. The molecule has 0 aromatic carbocycles. The topological polar surface area (TPSA) is 25.8 Å². The van der Waals surface area contributed by atoms with Crippen LogP contribution in [0, 0.1) is 0 Å². The first kappa shape index (κ1) is 10.9. The summed E-state index contributed by atoms with van der Waals surface area (Å²) < 4.78 is 0. The average Bonchev–Trinajstić information content (AvgIpc) is 3.01. The fourth-order valence-electron chi connectivity index (χ4n) is 2.59. The van der Waals surface area contributed by atoms with E-state index in [0.717, 1.165) is 29.9 Å². The predicted molar refractivity (Wildman–Crippen MR) is 78.2 cm³/mol. The second kappa shape index (κ2) is 4.28. The van der Waals surface area contributed by atoms with Crippen LogP contribution in [-0.4, -0.2) is 9.97 Å². The minimum absolute atomic E-state index is 1.04. The van der Waals surface area contributed by atoms with E-state index in [2.05, 4.69) is 40.0 Å². The van der Waals surface area contributed by atoms with E-state index in [1.807, 2.05) is 12.3 Å². The third-order valence-corrected chi connectivity index (χ3v) is 4.26. The number of rotatable bonds is 1. The standard InChI is InChI=1S/C16H12N2S/c1-2-11-3-4-12-5-6-14(13-7-9-19-10-13)18-16(12)15(11)17-8-1/h1-2,5-10H,3-4H2. The Labute approximate surface area is 115 Å². The van der Waals surface area contributed by atoms with Gasteiger partial charge in [-0.05, 0) is 47.5 Å². The van der Waals surface area contributed by atoms with Gasteiger partial charge in [0.05, 0.1) is 17.1 Å². The van der Waals surface area contributed by atoms with Gasteiger partial charge in [-0.15, -0.1) is 0 Å². The second-order valence-corrected chi connectivity index (χ2v) is 5.51. The lowest BCUT2D eigenvalue weighted by atomic mass is 9.92. The second-order valence-electron chi connectivity index (χ2n) is 4.73. The van der Waals surface area contributed by atoms with Crippen LogP contribution >= 0.6 is 11.3 Å². The quantitative estimate of drug-likeness (QED) is 0.664. The maximum absolute atomic E-state index is 4.84. The summed E-state index contributed by atoms with van der Waals surface area (Å²) in [5.74, 6) is 0. The Bertz CT molecular complexity index is 732. The fraction of sp³-hybridized carbons (Fsp3) is 0.125. The third kappa shape index (κ3) is 1.78. The van der Waals surface area contributed by atoms with Crippen molar-refractivity contribution in [1.29, 1.82) is 0 Å². The van der Waals surface area contributed by atoms with Gasteiger partial charge in [-0.3, -0.25) is 4.98 Å². The minimum atomic E-state index is 1.04. The monoisotopic (exact) mass is 264 g/mol. The van der Waals surface area contributed by atoms with E-state index >= 15 is 0 Å². The van der Waals surface area contributed by atoms with E-state index < -0.39 is 0 Å². The summed E-state index contributed by atoms with van der Waals surface area (Å²) in [5, 5.41) is 4.22. The van der Waals surface area contributed by atoms with Crippen molar-refractivity contribution in [2.24, 2.45) is 0 Å². The molecule has 4 rings (SSSR count). The van der Waals surface area contributed by atoms with Crippen molar-refractivity contribution in [3.8, 4) is 22.6 Å². The third-order valence-electron chi connectivity index (χ3n) is 3.58. The normalized spacial score (nSPS) is 12.8. The molecule has 1 aliphatic rings. The molecule has 0 unspecified atom stereocenters. The number of aromatic nitrogens is 2. The number of pyridine rings is 2. The van der Waals surface area contributed by atoms with Crippen LogP contribution in [0.25, 0.3) is 22.6 Å². The van der Waals surface area contributed by atoms with Crippen molar-refractivity contribution in [2.75, 3.05) is 0 Å². The van der Waals surface area contributed by atoms with Gasteiger partial charge in [0.1, 0.15) is 0 Å². The predicted octanol–water partition coefficient (Wildman–Crippen LogP) is 3.97. The van der Waals surface area contributed by atoms with Crippen molar-refractivity contribution in [1.82, 2.24) is 9.97 Å². The SMILES string of the molecule is c1cnc2c(c1)CCc1ccc(-c3ccsc3)nc1-2. The van der Waals surface area contributed by atoms with Crippen molar-refractivity contribution in [2.45, 2.75) is 12.8 Å². The zero-order chi connectivity index (χ0) is 12.7. The van der Waals surface area contributed by atoms with Gasteiger partial charge < -0.3 is 0 Å². The molecule has 0 fully saturated rings. The molecule has 0 saturated carbocycles. The first-order valence-corrected chi connectivity index (χ1v) is 7.33. The van der Waals surface area contributed by atoms with Crippen molar-refractivity contribution >= 4 is 11.3 Å². The van der Waals surface area contributed by atoms with Gasteiger partial charge in [-0.1, -0.05) is 12.1 Å². The number of nitrogens with zero attached hydrogens (tertiary/aromatic N) is 2. The number of aryl methyl sites for hydroxylation is 2. The summed E-state index contributed by atoms with van der Waals surface area (Å²) in [6.45, 7) is 0. The molecule has 0 saturated heterocycles. The minimum Gasteiger partial charge on any atom is -0.254 e. The van der Waals surface area contributed by atoms with Crippen LogP contribution in [0.3, 0.4) is 0 Å². The highest BCUT2D eigenvalue weighted by Gasteiger charge is 2.18. The van der Waals surface area contributed by atoms with Gasteiger partial charge in [0, 0.05) is 17.1 Å². The molecule has 0 aliphatic heterocycles. The molecule has 0 N–H and O–H groups in total. The Morgan fingerprint density at radius 1 is 0.947 bits per heavy atom. The van der Waals surface area contributed by atoms with Gasteiger partial charge in [-0.2, -0.15) is 11.3 Å². The highest BCUT2D eigenvalue weighted by atomic mass is 32.1. The highest BCUT2D eigenvalue weighted by Crippen LogP contribution is 2.32. The molecule has 19 heavy (non-hydrogen) atoms. The lowest BCUT2D eigenvalue weighted by molar-refractivity contribution is 0.913. The lowest BCUT2D eigenvalue weighted by Gasteiger charge is -2.18. The summed E-state index contributed by atoms with van der Waals surface area (Å²) in [7, 11) is 0. The van der Waals surface area contributed by atoms with E-state index in [-0.39, 0.29) is 0 Å². The van der Waals surface area contributed by atoms with Gasteiger partial charge in [-0.25, -0.2) is 4.98 Å². The van der Waals surface area contributed by atoms with Crippen LogP contribution in [0.15, 0.2) is 47.3 Å². The molecule has 92 valence electrons. The lowest BCUT2D eigenvalue weighted by Crippen LogP contribution is -2.07. The van der Waals surface area contributed by atoms with Gasteiger partial charge in [0.15, 0.2) is 0 Å². The fourth-order valence-corrected chi connectivity index (χ4v) is 3.24. The van der Waals surface area contributed by atoms with E-state index in [9.17, 15) is 0 Å². The summed E-state index contributed by atoms with van der Waals surface area (Å²) in [6, 6.07) is 10.6. The first-order valence-electron chi connectivity index (χ1n) is 6.38. The first-order chi connectivity index (χ1) is 9.42. The van der Waals surface area contributed by atoms with Crippen LogP contribution in [0.5, 0.6) is 0 Å². The summed E-state index contributed by atoms with van der Waals surface area (Å²) in [5.41, 5.74) is 6.97. The van der Waals surface area contributed by atoms with E-state index in [1.165, 1.54) is 16.7 Å². The smallest absolute Gasteiger partial charge is 0.0928 e. The zero-order valence-electron chi connectivity index (χ0n) is 10.3. The molecule has 0 radical (unpaired) electrons. The van der Waals surface area contributed by atoms with Gasteiger partial charge in [0.25, 0.3) is 0 Å². The average molecular weight is 264 g/mol. The Morgan fingerprint density at radius 3 is 2.68 bits per heavy atom. The summed E-state index contributed by atoms with van der Waals surface area (Å²) in [6.07, 6.45) is 3.98. The van der Waals surface area contributed by atoms with Crippen LogP contribution in [0.1, 0.15) is 11.1 Å². The van der Waals surface area contributed by atoms with Crippen molar-refractivity contribution in [3.63, 3.8) is 0 Å². The van der Waals surface area contributed by atoms with Crippen LogP contribution < -0.4 is 0 Å². The van der Waals surface area contributed by atoms with Gasteiger partial charge >= 0.3 is 0 Å². The molecular formula is C16H12N2S. The molecular weight excluding hydrogens is 252 g/mol. The number of hydrogen-bond donors (Lipinski definition) is 0. The van der Waals surface area contributed by atoms with E-state index in [4.69, 9.17) is 4.98 Å². The van der Waals surface area contributed by atoms with E-state index in [0.29, 0.717) is 0 Å². The summed E-state index contributed by atoms with van der Waals surface area (Å²) >= 11 is 1.70. The number of thiophene rings is 1. The molecule has 3 heterocycles. The maximum atomic E-state index is 4.84. The number of fused-ring (bicyclic) bond motifs is 3. The van der Waals surface area contributed by atoms with Crippen molar-refractivity contribution < 1.29 is 0 Å². The molecule has 3 heteroatoms. The Morgan fingerprint density at radius 2 is 1.84 bits per heavy atom. The molecule has 0 atom stereocenters. The molecule has 1 aliphatic carbocycles. The highest BCUT2D eigenvalue weighted by molar-refractivity contribution is 7.08. The van der Waals surface area contributed by atoms with Crippen LogP contribution in [0.4, 0.5) is 0 Å². The summed E-state index contributed by atoms with van der Waals surface area (Å²) in [4.78, 5) is 9.36. The zero-order valence-corrected chi connectivity index (χ0v) is 11.2.